The molecular formula is C24H20F3N3S. The second-order valence-corrected chi connectivity index (χ2v) is 8.16. The number of aromatic nitrogens is 3. The van der Waals surface area contributed by atoms with Crippen LogP contribution >= 0.6 is 11.8 Å². The maximum Gasteiger partial charge on any atom is 0.416 e. The lowest BCUT2D eigenvalue weighted by atomic mass is 10.1. The summed E-state index contributed by atoms with van der Waals surface area (Å²) < 4.78 is 41.1. The van der Waals surface area contributed by atoms with E-state index in [1.807, 2.05) is 66.1 Å². The molecule has 0 saturated heterocycles. The first-order chi connectivity index (χ1) is 14.9. The summed E-state index contributed by atoms with van der Waals surface area (Å²) in [7, 11) is 0. The molecule has 4 rings (SSSR count). The summed E-state index contributed by atoms with van der Waals surface area (Å²) in [6.07, 6.45) is -3.75. The monoisotopic (exact) mass is 439 g/mol. The molecule has 0 aliphatic rings. The minimum absolute atomic E-state index is 0.360. The van der Waals surface area contributed by atoms with Gasteiger partial charge in [0.25, 0.3) is 0 Å². The zero-order valence-corrected chi connectivity index (χ0v) is 17.6. The van der Waals surface area contributed by atoms with Gasteiger partial charge in [-0.1, -0.05) is 78.0 Å². The fourth-order valence-corrected chi connectivity index (χ4v) is 4.14. The van der Waals surface area contributed by atoms with Gasteiger partial charge in [-0.05, 0) is 36.2 Å². The van der Waals surface area contributed by atoms with Crippen molar-refractivity contribution >= 4 is 11.8 Å². The molecule has 31 heavy (non-hydrogen) atoms. The maximum absolute atomic E-state index is 13.0. The Hall–Kier alpha value is -3.06. The van der Waals surface area contributed by atoms with Crippen LogP contribution in [0.3, 0.4) is 0 Å². The Balaban J connectivity index is 1.64. The Labute approximate surface area is 183 Å². The second kappa shape index (κ2) is 8.98. The third kappa shape index (κ3) is 5.17. The van der Waals surface area contributed by atoms with Gasteiger partial charge in [0.15, 0.2) is 5.16 Å². The van der Waals surface area contributed by atoms with E-state index in [4.69, 9.17) is 0 Å². The highest BCUT2D eigenvalue weighted by Crippen LogP contribution is 2.32. The summed E-state index contributed by atoms with van der Waals surface area (Å²) in [5, 5.41) is 9.39. The smallest absolute Gasteiger partial charge is 0.274 e. The maximum atomic E-state index is 13.0. The Kier molecular flexibility index (Phi) is 6.13. The molecule has 0 aliphatic carbocycles. The van der Waals surface area contributed by atoms with Crippen LogP contribution in [0.25, 0.3) is 5.69 Å². The van der Waals surface area contributed by atoms with Crippen molar-refractivity contribution < 1.29 is 13.2 Å². The number of alkyl halides is 3. The van der Waals surface area contributed by atoms with Crippen LogP contribution in [0.1, 0.15) is 28.1 Å². The van der Waals surface area contributed by atoms with Gasteiger partial charge in [0.2, 0.25) is 0 Å². The first kappa shape index (κ1) is 21.2. The lowest BCUT2D eigenvalue weighted by molar-refractivity contribution is -0.137. The molecule has 0 unspecified atom stereocenters. The predicted molar refractivity (Wildman–Crippen MR) is 116 cm³/mol. The average Bonchev–Trinajstić information content (AvgIpc) is 3.15. The highest BCUT2D eigenvalue weighted by Gasteiger charge is 2.30. The average molecular weight is 440 g/mol. The van der Waals surface area contributed by atoms with E-state index >= 15 is 0 Å². The molecule has 0 saturated carbocycles. The first-order valence-corrected chi connectivity index (χ1v) is 10.7. The molecule has 7 heteroatoms. The SMILES string of the molecule is Cc1ccc(-n2c(Cc3ccccc3)nnc2SCc2cccc(C(F)(F)F)c2)cc1. The summed E-state index contributed by atoms with van der Waals surface area (Å²) in [6, 6.07) is 23.4. The Morgan fingerprint density at radius 3 is 2.26 bits per heavy atom. The van der Waals surface area contributed by atoms with Gasteiger partial charge in [-0.15, -0.1) is 10.2 Å². The lowest BCUT2D eigenvalue weighted by Gasteiger charge is -2.12. The summed E-state index contributed by atoms with van der Waals surface area (Å²) in [5.41, 5.74) is 3.11. The van der Waals surface area contributed by atoms with Crippen LogP contribution in [-0.4, -0.2) is 14.8 Å². The van der Waals surface area contributed by atoms with E-state index in [2.05, 4.69) is 10.2 Å². The number of nitrogens with zero attached hydrogens (tertiary/aromatic N) is 3. The van der Waals surface area contributed by atoms with Crippen molar-refractivity contribution in [3.05, 3.63) is 107 Å². The van der Waals surface area contributed by atoms with Crippen LogP contribution in [-0.2, 0) is 18.3 Å². The summed E-state index contributed by atoms with van der Waals surface area (Å²) >= 11 is 1.37. The molecule has 1 heterocycles. The van der Waals surface area contributed by atoms with Gasteiger partial charge >= 0.3 is 6.18 Å². The van der Waals surface area contributed by atoms with E-state index in [1.54, 1.807) is 6.07 Å². The molecule has 0 fully saturated rings. The quantitative estimate of drug-likeness (QED) is 0.322. The number of rotatable bonds is 6. The molecule has 0 N–H and O–H groups in total. The van der Waals surface area contributed by atoms with Gasteiger partial charge in [0.1, 0.15) is 5.82 Å². The fraction of sp³-hybridized carbons (Fsp3) is 0.167. The topological polar surface area (TPSA) is 30.7 Å². The van der Waals surface area contributed by atoms with Crippen molar-refractivity contribution in [1.82, 2.24) is 14.8 Å². The van der Waals surface area contributed by atoms with Crippen LogP contribution in [0.5, 0.6) is 0 Å². The van der Waals surface area contributed by atoms with Gasteiger partial charge in [-0.2, -0.15) is 13.2 Å². The second-order valence-electron chi connectivity index (χ2n) is 7.22. The number of hydrogen-bond donors (Lipinski definition) is 0. The summed E-state index contributed by atoms with van der Waals surface area (Å²) in [4.78, 5) is 0. The van der Waals surface area contributed by atoms with E-state index in [-0.39, 0.29) is 0 Å². The molecule has 0 bridgehead atoms. The standard InChI is InChI=1S/C24H20F3N3S/c1-17-10-12-21(13-11-17)30-22(15-18-6-3-2-4-7-18)28-29-23(30)31-16-19-8-5-9-20(14-19)24(25,26)27/h2-14H,15-16H2,1H3. The van der Waals surface area contributed by atoms with Crippen molar-refractivity contribution in [1.29, 1.82) is 0 Å². The number of halogens is 3. The predicted octanol–water partition coefficient (Wildman–Crippen LogP) is 6.48. The highest BCUT2D eigenvalue weighted by molar-refractivity contribution is 7.98. The Morgan fingerprint density at radius 1 is 0.839 bits per heavy atom. The molecule has 1 aromatic heterocycles. The van der Waals surface area contributed by atoms with Gasteiger partial charge in [0.05, 0.1) is 5.56 Å². The molecule has 4 aromatic rings. The zero-order valence-electron chi connectivity index (χ0n) is 16.8. The van der Waals surface area contributed by atoms with E-state index < -0.39 is 11.7 Å². The Morgan fingerprint density at radius 2 is 1.55 bits per heavy atom. The molecule has 0 spiro atoms. The number of benzene rings is 3. The third-order valence-corrected chi connectivity index (χ3v) is 5.82. The highest BCUT2D eigenvalue weighted by atomic mass is 32.2. The minimum Gasteiger partial charge on any atom is -0.274 e. The molecule has 0 atom stereocenters. The largest absolute Gasteiger partial charge is 0.416 e. The van der Waals surface area contributed by atoms with Gasteiger partial charge < -0.3 is 0 Å². The van der Waals surface area contributed by atoms with E-state index in [0.717, 1.165) is 28.7 Å². The minimum atomic E-state index is -4.36. The molecule has 0 amide bonds. The van der Waals surface area contributed by atoms with Crippen molar-refractivity contribution in [2.45, 2.75) is 30.4 Å². The van der Waals surface area contributed by atoms with Crippen molar-refractivity contribution in [3.63, 3.8) is 0 Å². The van der Waals surface area contributed by atoms with Crippen LogP contribution in [0, 0.1) is 6.92 Å². The van der Waals surface area contributed by atoms with Crippen molar-refractivity contribution in [2.75, 3.05) is 0 Å². The van der Waals surface area contributed by atoms with Gasteiger partial charge in [-0.3, -0.25) is 4.57 Å². The first-order valence-electron chi connectivity index (χ1n) is 9.74. The number of hydrogen-bond acceptors (Lipinski definition) is 3. The van der Waals surface area contributed by atoms with E-state index in [9.17, 15) is 13.2 Å². The van der Waals surface area contributed by atoms with E-state index in [0.29, 0.717) is 22.9 Å². The summed E-state index contributed by atoms with van der Waals surface area (Å²) in [5.74, 6) is 1.14. The number of aryl methyl sites for hydroxylation is 1. The van der Waals surface area contributed by atoms with Gasteiger partial charge in [-0.25, -0.2) is 0 Å². The Bertz CT molecular complexity index is 1150. The zero-order chi connectivity index (χ0) is 21.8. The molecule has 0 radical (unpaired) electrons. The van der Waals surface area contributed by atoms with Gasteiger partial charge in [0, 0.05) is 17.9 Å². The van der Waals surface area contributed by atoms with Crippen LogP contribution in [0.2, 0.25) is 0 Å². The fourth-order valence-electron chi connectivity index (χ4n) is 3.23. The molecule has 3 aromatic carbocycles. The third-order valence-electron chi connectivity index (χ3n) is 4.82. The van der Waals surface area contributed by atoms with Crippen LogP contribution < -0.4 is 0 Å². The molecule has 158 valence electrons. The van der Waals surface area contributed by atoms with Crippen molar-refractivity contribution in [2.24, 2.45) is 0 Å². The van der Waals surface area contributed by atoms with Crippen LogP contribution in [0.4, 0.5) is 13.2 Å². The summed E-state index contributed by atoms with van der Waals surface area (Å²) in [6.45, 7) is 2.02. The molecule has 0 aliphatic heterocycles. The van der Waals surface area contributed by atoms with Crippen LogP contribution in [0.15, 0.2) is 84.0 Å². The van der Waals surface area contributed by atoms with Crippen molar-refractivity contribution in [3.8, 4) is 5.69 Å². The van der Waals surface area contributed by atoms with E-state index in [1.165, 1.54) is 23.9 Å². The lowest BCUT2D eigenvalue weighted by Crippen LogP contribution is -2.05. The normalized spacial score (nSPS) is 11.6. The molecule has 3 nitrogen and oxygen atoms in total. The molecular weight excluding hydrogens is 419 g/mol. The number of thioether (sulfide) groups is 1.